The van der Waals surface area contributed by atoms with Crippen molar-refractivity contribution in [3.05, 3.63) is 33.9 Å². The standard InChI is InChI=1S/C14H21N3O3/c1-4-7-16(9-8-15(2)3)13-5-6-14(17(19)20)12(10-13)11-18/h5-6,10-11H,4,7-9H2,1-3H3. The molecule has 0 spiro atoms. The van der Waals surface area contributed by atoms with Gasteiger partial charge >= 0.3 is 0 Å². The van der Waals surface area contributed by atoms with Crippen LogP contribution in [0, 0.1) is 10.1 Å². The highest BCUT2D eigenvalue weighted by Gasteiger charge is 2.15. The lowest BCUT2D eigenvalue weighted by molar-refractivity contribution is -0.385. The Morgan fingerprint density at radius 1 is 1.25 bits per heavy atom. The number of hydrogen-bond donors (Lipinski definition) is 0. The van der Waals surface area contributed by atoms with Crippen LogP contribution in [-0.4, -0.2) is 49.8 Å². The summed E-state index contributed by atoms with van der Waals surface area (Å²) >= 11 is 0. The van der Waals surface area contributed by atoms with Gasteiger partial charge in [0.25, 0.3) is 5.69 Å². The van der Waals surface area contributed by atoms with Gasteiger partial charge in [-0.05, 0) is 32.6 Å². The number of anilines is 1. The van der Waals surface area contributed by atoms with Gasteiger partial charge in [-0.1, -0.05) is 6.92 Å². The molecule has 6 heteroatoms. The molecule has 6 nitrogen and oxygen atoms in total. The van der Waals surface area contributed by atoms with Crippen LogP contribution in [0.3, 0.4) is 0 Å². The Hall–Kier alpha value is -1.95. The number of hydrogen-bond acceptors (Lipinski definition) is 5. The smallest absolute Gasteiger partial charge is 0.280 e. The van der Waals surface area contributed by atoms with Gasteiger partial charge in [0.05, 0.1) is 10.5 Å². The van der Waals surface area contributed by atoms with E-state index in [9.17, 15) is 14.9 Å². The highest BCUT2D eigenvalue weighted by atomic mass is 16.6. The monoisotopic (exact) mass is 279 g/mol. The average molecular weight is 279 g/mol. The summed E-state index contributed by atoms with van der Waals surface area (Å²) in [6.07, 6.45) is 1.51. The zero-order valence-electron chi connectivity index (χ0n) is 12.2. The number of benzene rings is 1. The number of likely N-dealkylation sites (N-methyl/N-ethyl adjacent to an activating group) is 1. The van der Waals surface area contributed by atoms with Gasteiger partial charge < -0.3 is 9.80 Å². The van der Waals surface area contributed by atoms with Crippen LogP contribution in [0.5, 0.6) is 0 Å². The lowest BCUT2D eigenvalue weighted by atomic mass is 10.1. The zero-order valence-corrected chi connectivity index (χ0v) is 12.2. The maximum Gasteiger partial charge on any atom is 0.280 e. The van der Waals surface area contributed by atoms with Gasteiger partial charge in [-0.15, -0.1) is 0 Å². The molecular weight excluding hydrogens is 258 g/mol. The van der Waals surface area contributed by atoms with Crippen LogP contribution in [0.4, 0.5) is 11.4 Å². The van der Waals surface area contributed by atoms with E-state index in [1.807, 2.05) is 14.1 Å². The minimum absolute atomic E-state index is 0.124. The Morgan fingerprint density at radius 2 is 1.95 bits per heavy atom. The van der Waals surface area contributed by atoms with Crippen molar-refractivity contribution >= 4 is 17.7 Å². The van der Waals surface area contributed by atoms with Crippen molar-refractivity contribution in [1.82, 2.24) is 4.90 Å². The Morgan fingerprint density at radius 3 is 2.45 bits per heavy atom. The second-order valence-corrected chi connectivity index (χ2v) is 4.91. The first-order valence-corrected chi connectivity index (χ1v) is 6.62. The van der Waals surface area contributed by atoms with Gasteiger partial charge in [-0.2, -0.15) is 0 Å². The van der Waals surface area contributed by atoms with Crippen LogP contribution < -0.4 is 4.90 Å². The van der Waals surface area contributed by atoms with E-state index in [-0.39, 0.29) is 11.3 Å². The second kappa shape index (κ2) is 7.59. The van der Waals surface area contributed by atoms with Crippen molar-refractivity contribution in [3.63, 3.8) is 0 Å². The number of carbonyl (C=O) groups is 1. The highest BCUT2D eigenvalue weighted by Crippen LogP contribution is 2.24. The molecule has 0 radical (unpaired) electrons. The lowest BCUT2D eigenvalue weighted by Gasteiger charge is -2.26. The van der Waals surface area contributed by atoms with E-state index < -0.39 is 4.92 Å². The van der Waals surface area contributed by atoms with Gasteiger partial charge in [-0.3, -0.25) is 14.9 Å². The molecule has 0 atom stereocenters. The molecule has 0 aliphatic carbocycles. The topological polar surface area (TPSA) is 66.7 Å². The molecule has 110 valence electrons. The number of aldehydes is 1. The van der Waals surface area contributed by atoms with Crippen molar-refractivity contribution in [1.29, 1.82) is 0 Å². The number of nitro benzene ring substituents is 1. The molecule has 0 aromatic heterocycles. The Bertz CT molecular complexity index is 475. The molecule has 0 amide bonds. The Labute approximate surface area is 119 Å². The van der Waals surface area contributed by atoms with Gasteiger partial charge in [0, 0.05) is 31.4 Å². The fraction of sp³-hybridized carbons (Fsp3) is 0.500. The summed E-state index contributed by atoms with van der Waals surface area (Å²) < 4.78 is 0. The molecule has 0 unspecified atom stereocenters. The zero-order chi connectivity index (χ0) is 15.1. The maximum absolute atomic E-state index is 11.0. The van der Waals surface area contributed by atoms with E-state index in [2.05, 4.69) is 16.7 Å². The molecule has 1 rings (SSSR count). The minimum Gasteiger partial charge on any atom is -0.370 e. The number of nitrogens with zero attached hydrogens (tertiary/aromatic N) is 3. The lowest BCUT2D eigenvalue weighted by Crippen LogP contribution is -2.32. The molecule has 1 aromatic rings. The van der Waals surface area contributed by atoms with E-state index in [1.165, 1.54) is 6.07 Å². The van der Waals surface area contributed by atoms with E-state index >= 15 is 0 Å². The summed E-state index contributed by atoms with van der Waals surface area (Å²) in [5.41, 5.74) is 0.827. The summed E-state index contributed by atoms with van der Waals surface area (Å²) in [7, 11) is 3.99. The summed E-state index contributed by atoms with van der Waals surface area (Å²) in [4.78, 5) is 25.5. The molecule has 0 aliphatic heterocycles. The number of carbonyl (C=O) groups excluding carboxylic acids is 1. The number of rotatable bonds is 8. The molecule has 0 saturated carbocycles. The van der Waals surface area contributed by atoms with E-state index in [4.69, 9.17) is 0 Å². The minimum atomic E-state index is -0.530. The molecule has 0 heterocycles. The fourth-order valence-corrected chi connectivity index (χ4v) is 1.96. The van der Waals surface area contributed by atoms with E-state index in [0.717, 1.165) is 31.7 Å². The molecule has 0 fully saturated rings. The van der Waals surface area contributed by atoms with Crippen LogP contribution >= 0.6 is 0 Å². The molecule has 20 heavy (non-hydrogen) atoms. The number of nitro groups is 1. The van der Waals surface area contributed by atoms with Crippen LogP contribution in [-0.2, 0) is 0 Å². The predicted octanol–water partition coefficient (Wildman–Crippen LogP) is 2.19. The first kappa shape index (κ1) is 16.1. The molecule has 0 saturated heterocycles. The third-order valence-electron chi connectivity index (χ3n) is 3.01. The summed E-state index contributed by atoms with van der Waals surface area (Å²) in [5.74, 6) is 0. The third kappa shape index (κ3) is 4.31. The summed E-state index contributed by atoms with van der Waals surface area (Å²) in [6.45, 7) is 4.63. The average Bonchev–Trinajstić information content (AvgIpc) is 2.42. The molecular formula is C14H21N3O3. The largest absolute Gasteiger partial charge is 0.370 e. The van der Waals surface area contributed by atoms with Crippen LogP contribution in [0.1, 0.15) is 23.7 Å². The van der Waals surface area contributed by atoms with Crippen molar-refractivity contribution in [2.75, 3.05) is 38.6 Å². The highest BCUT2D eigenvalue weighted by molar-refractivity contribution is 5.83. The maximum atomic E-state index is 11.0. The Balaban J connectivity index is 3.01. The van der Waals surface area contributed by atoms with Gasteiger partial charge in [0.1, 0.15) is 0 Å². The third-order valence-corrected chi connectivity index (χ3v) is 3.01. The van der Waals surface area contributed by atoms with Gasteiger partial charge in [-0.25, -0.2) is 0 Å². The van der Waals surface area contributed by atoms with Crippen LogP contribution in [0.25, 0.3) is 0 Å². The van der Waals surface area contributed by atoms with Crippen molar-refractivity contribution in [3.8, 4) is 0 Å². The predicted molar refractivity (Wildman–Crippen MR) is 79.5 cm³/mol. The van der Waals surface area contributed by atoms with Crippen molar-refractivity contribution < 1.29 is 9.72 Å². The van der Waals surface area contributed by atoms with Crippen molar-refractivity contribution in [2.24, 2.45) is 0 Å². The second-order valence-electron chi connectivity index (χ2n) is 4.91. The Kier molecular flexibility index (Phi) is 6.11. The summed E-state index contributed by atoms with van der Waals surface area (Å²) in [5, 5.41) is 10.8. The first-order chi connectivity index (χ1) is 9.49. The molecule has 0 aliphatic rings. The van der Waals surface area contributed by atoms with E-state index in [1.54, 1.807) is 12.1 Å². The first-order valence-electron chi connectivity index (χ1n) is 6.62. The summed E-state index contributed by atoms with van der Waals surface area (Å²) in [6, 6.07) is 4.70. The van der Waals surface area contributed by atoms with Crippen molar-refractivity contribution in [2.45, 2.75) is 13.3 Å². The molecule has 0 bridgehead atoms. The van der Waals surface area contributed by atoms with E-state index in [0.29, 0.717) is 6.29 Å². The molecule has 0 N–H and O–H groups in total. The normalized spacial score (nSPS) is 10.6. The van der Waals surface area contributed by atoms with Crippen LogP contribution in [0.15, 0.2) is 18.2 Å². The van der Waals surface area contributed by atoms with Crippen LogP contribution in [0.2, 0.25) is 0 Å². The molecule has 1 aromatic carbocycles. The SMILES string of the molecule is CCCN(CCN(C)C)c1ccc([N+](=O)[O-])c(C=O)c1. The van der Waals surface area contributed by atoms with Gasteiger partial charge in [0.2, 0.25) is 0 Å². The van der Waals surface area contributed by atoms with Gasteiger partial charge in [0.15, 0.2) is 6.29 Å². The quantitative estimate of drug-likeness (QED) is 0.414. The fourth-order valence-electron chi connectivity index (χ4n) is 1.96.